The lowest BCUT2D eigenvalue weighted by Gasteiger charge is -2.22. The van der Waals surface area contributed by atoms with Crippen LogP contribution in [0.1, 0.15) is 29.4 Å². The van der Waals surface area contributed by atoms with Gasteiger partial charge in [-0.3, -0.25) is 4.79 Å². The summed E-state index contributed by atoms with van der Waals surface area (Å²) in [7, 11) is 0. The van der Waals surface area contributed by atoms with Crippen molar-refractivity contribution in [1.29, 1.82) is 0 Å². The number of fused-ring (bicyclic) bond motifs is 1. The van der Waals surface area contributed by atoms with E-state index in [0.29, 0.717) is 17.3 Å². The lowest BCUT2D eigenvalue weighted by Crippen LogP contribution is -2.42. The Hall–Kier alpha value is -1.39. The minimum atomic E-state index is -0.771. The zero-order valence-electron chi connectivity index (χ0n) is 10.8. The molecule has 19 heavy (non-hydrogen) atoms. The van der Waals surface area contributed by atoms with Gasteiger partial charge in [0.2, 0.25) is 0 Å². The summed E-state index contributed by atoms with van der Waals surface area (Å²) in [5, 5.41) is 14.1. The Balaban J connectivity index is 1.69. The Labute approximate surface area is 116 Å². The fraction of sp³-hybridized carbons (Fsp3) is 0.400. The van der Waals surface area contributed by atoms with Crippen molar-refractivity contribution in [3.8, 4) is 0 Å². The highest BCUT2D eigenvalue weighted by Crippen LogP contribution is 2.39. The Morgan fingerprint density at radius 1 is 1.47 bits per heavy atom. The number of nitrogens with one attached hydrogen (secondary N) is 1. The van der Waals surface area contributed by atoms with E-state index in [1.54, 1.807) is 6.92 Å². The van der Waals surface area contributed by atoms with Crippen LogP contribution >= 0.6 is 11.3 Å². The maximum absolute atomic E-state index is 12.1. The molecule has 1 heterocycles. The Kier molecular flexibility index (Phi) is 3.07. The average Bonchev–Trinajstić information content (AvgIpc) is 3.16. The summed E-state index contributed by atoms with van der Waals surface area (Å²) in [5.41, 5.74) is -0.771. The molecule has 2 N–H and O–H groups in total. The maximum atomic E-state index is 12.1. The molecule has 0 unspecified atom stereocenters. The van der Waals surface area contributed by atoms with E-state index in [1.807, 2.05) is 30.3 Å². The van der Waals surface area contributed by atoms with E-state index in [2.05, 4.69) is 5.32 Å². The molecule has 4 heteroatoms. The molecule has 0 spiro atoms. The van der Waals surface area contributed by atoms with Gasteiger partial charge in [-0.25, -0.2) is 0 Å². The quantitative estimate of drug-likeness (QED) is 0.901. The number of rotatable bonds is 4. The standard InChI is InChI=1S/C15H17NO2S/c1-15(18,11-6-7-11)9-16-14(17)13-8-10-4-2-3-5-12(10)19-13/h2-5,8,11,18H,6-7,9H2,1H3,(H,16,17)/t15-/m1/s1. The second-order valence-electron chi connectivity index (χ2n) is 5.46. The lowest BCUT2D eigenvalue weighted by molar-refractivity contribution is 0.0355. The number of hydrogen-bond donors (Lipinski definition) is 2. The van der Waals surface area contributed by atoms with Gasteiger partial charge >= 0.3 is 0 Å². The molecule has 1 atom stereocenters. The van der Waals surface area contributed by atoms with Crippen LogP contribution in [-0.4, -0.2) is 23.2 Å². The molecule has 100 valence electrons. The van der Waals surface area contributed by atoms with Gasteiger partial charge in [-0.05, 0) is 43.2 Å². The smallest absolute Gasteiger partial charge is 0.261 e. The molecule has 1 amide bonds. The molecule has 0 aliphatic heterocycles. The van der Waals surface area contributed by atoms with Crippen molar-refractivity contribution in [2.75, 3.05) is 6.54 Å². The molecule has 1 aliphatic carbocycles. The van der Waals surface area contributed by atoms with Crippen LogP contribution in [0.25, 0.3) is 10.1 Å². The van der Waals surface area contributed by atoms with Crippen LogP contribution in [0.2, 0.25) is 0 Å². The summed E-state index contributed by atoms with van der Waals surface area (Å²) < 4.78 is 1.11. The summed E-state index contributed by atoms with van der Waals surface area (Å²) in [4.78, 5) is 12.8. The molecular formula is C15H17NO2S. The Morgan fingerprint density at radius 2 is 2.21 bits per heavy atom. The largest absolute Gasteiger partial charge is 0.388 e. The first kappa shape index (κ1) is 12.6. The molecule has 2 aromatic rings. The number of aliphatic hydroxyl groups is 1. The minimum Gasteiger partial charge on any atom is -0.388 e. The molecular weight excluding hydrogens is 258 g/mol. The minimum absolute atomic E-state index is 0.0953. The van der Waals surface area contributed by atoms with Crippen LogP contribution in [0.4, 0.5) is 0 Å². The van der Waals surface area contributed by atoms with Crippen molar-refractivity contribution in [2.24, 2.45) is 5.92 Å². The van der Waals surface area contributed by atoms with Crippen molar-refractivity contribution in [1.82, 2.24) is 5.32 Å². The van der Waals surface area contributed by atoms with Gasteiger partial charge in [-0.2, -0.15) is 0 Å². The van der Waals surface area contributed by atoms with Crippen molar-refractivity contribution in [3.05, 3.63) is 35.2 Å². The van der Waals surface area contributed by atoms with Crippen molar-refractivity contribution < 1.29 is 9.90 Å². The van der Waals surface area contributed by atoms with E-state index >= 15 is 0 Å². The third kappa shape index (κ3) is 2.65. The number of thiophene rings is 1. The van der Waals surface area contributed by atoms with E-state index in [9.17, 15) is 9.90 Å². The van der Waals surface area contributed by atoms with E-state index in [-0.39, 0.29) is 5.91 Å². The number of carbonyl (C=O) groups excluding carboxylic acids is 1. The van der Waals surface area contributed by atoms with Crippen LogP contribution < -0.4 is 5.32 Å². The van der Waals surface area contributed by atoms with Gasteiger partial charge in [0.1, 0.15) is 0 Å². The molecule has 1 aliphatic rings. The zero-order valence-corrected chi connectivity index (χ0v) is 11.7. The van der Waals surface area contributed by atoms with Crippen LogP contribution in [0, 0.1) is 5.92 Å². The van der Waals surface area contributed by atoms with Crippen LogP contribution in [0.5, 0.6) is 0 Å². The van der Waals surface area contributed by atoms with Crippen molar-refractivity contribution in [3.63, 3.8) is 0 Å². The number of benzene rings is 1. The van der Waals surface area contributed by atoms with E-state index in [0.717, 1.165) is 22.9 Å². The highest BCUT2D eigenvalue weighted by Gasteiger charge is 2.40. The zero-order chi connectivity index (χ0) is 13.5. The van der Waals surface area contributed by atoms with Gasteiger partial charge in [-0.15, -0.1) is 11.3 Å². The number of amides is 1. The topological polar surface area (TPSA) is 49.3 Å². The van der Waals surface area contributed by atoms with E-state index < -0.39 is 5.60 Å². The SMILES string of the molecule is C[C@@](O)(CNC(=O)c1cc2ccccc2s1)C1CC1. The highest BCUT2D eigenvalue weighted by molar-refractivity contribution is 7.20. The Morgan fingerprint density at radius 3 is 2.89 bits per heavy atom. The molecule has 3 rings (SSSR count). The van der Waals surface area contributed by atoms with Crippen LogP contribution in [-0.2, 0) is 0 Å². The second kappa shape index (κ2) is 4.62. The summed E-state index contributed by atoms with van der Waals surface area (Å²) in [5.74, 6) is 0.248. The van der Waals surface area contributed by atoms with Gasteiger partial charge in [0.05, 0.1) is 10.5 Å². The summed E-state index contributed by atoms with van der Waals surface area (Å²) in [6, 6.07) is 9.86. The molecule has 0 radical (unpaired) electrons. The summed E-state index contributed by atoms with van der Waals surface area (Å²) >= 11 is 1.49. The normalized spacial score (nSPS) is 18.2. The first-order chi connectivity index (χ1) is 9.06. The third-order valence-corrected chi connectivity index (χ3v) is 4.83. The van der Waals surface area contributed by atoms with Gasteiger partial charge in [0.25, 0.3) is 5.91 Å². The fourth-order valence-electron chi connectivity index (χ4n) is 2.29. The number of hydrogen-bond acceptors (Lipinski definition) is 3. The average molecular weight is 275 g/mol. The van der Waals surface area contributed by atoms with Crippen LogP contribution in [0.15, 0.2) is 30.3 Å². The van der Waals surface area contributed by atoms with Gasteiger partial charge in [0, 0.05) is 11.2 Å². The molecule has 0 saturated heterocycles. The van der Waals surface area contributed by atoms with Gasteiger partial charge in [-0.1, -0.05) is 18.2 Å². The summed E-state index contributed by atoms with van der Waals surface area (Å²) in [6.07, 6.45) is 2.12. The predicted molar refractivity (Wildman–Crippen MR) is 77.5 cm³/mol. The molecule has 1 aromatic heterocycles. The molecule has 0 bridgehead atoms. The third-order valence-electron chi connectivity index (χ3n) is 3.71. The summed E-state index contributed by atoms with van der Waals surface area (Å²) in [6.45, 7) is 2.13. The van der Waals surface area contributed by atoms with E-state index in [1.165, 1.54) is 11.3 Å². The van der Waals surface area contributed by atoms with Crippen LogP contribution in [0.3, 0.4) is 0 Å². The van der Waals surface area contributed by atoms with Gasteiger partial charge in [0.15, 0.2) is 0 Å². The predicted octanol–water partition coefficient (Wildman–Crippen LogP) is 2.79. The molecule has 3 nitrogen and oxygen atoms in total. The van der Waals surface area contributed by atoms with E-state index in [4.69, 9.17) is 0 Å². The van der Waals surface area contributed by atoms with Crippen molar-refractivity contribution >= 4 is 27.3 Å². The van der Waals surface area contributed by atoms with Gasteiger partial charge < -0.3 is 10.4 Å². The second-order valence-corrected chi connectivity index (χ2v) is 6.55. The molecule has 1 aromatic carbocycles. The first-order valence-corrected chi connectivity index (χ1v) is 7.37. The monoisotopic (exact) mass is 275 g/mol. The molecule has 1 fully saturated rings. The number of carbonyl (C=O) groups is 1. The van der Waals surface area contributed by atoms with Crippen molar-refractivity contribution in [2.45, 2.75) is 25.4 Å². The Bertz CT molecular complexity index is 580. The lowest BCUT2D eigenvalue weighted by atomic mass is 10.0. The molecule has 1 saturated carbocycles. The highest BCUT2D eigenvalue weighted by atomic mass is 32.1. The maximum Gasteiger partial charge on any atom is 0.261 e. The first-order valence-electron chi connectivity index (χ1n) is 6.55. The fourth-order valence-corrected chi connectivity index (χ4v) is 3.27.